The molecule has 0 aliphatic rings. The second-order valence-corrected chi connectivity index (χ2v) is 6.68. The van der Waals surface area contributed by atoms with E-state index in [0.29, 0.717) is 0 Å². The molecular formula is C14H11ClN2O6S. The molecule has 0 aliphatic heterocycles. The van der Waals surface area contributed by atoms with Gasteiger partial charge in [0.2, 0.25) is 0 Å². The lowest BCUT2D eigenvalue weighted by Gasteiger charge is -2.09. The van der Waals surface area contributed by atoms with Crippen molar-refractivity contribution in [2.45, 2.75) is 11.8 Å². The van der Waals surface area contributed by atoms with Gasteiger partial charge < -0.3 is 4.74 Å². The van der Waals surface area contributed by atoms with E-state index >= 15 is 0 Å². The zero-order chi connectivity index (χ0) is 17.9. The van der Waals surface area contributed by atoms with Gasteiger partial charge in [-0.25, -0.2) is 8.42 Å². The van der Waals surface area contributed by atoms with Gasteiger partial charge in [0.05, 0.1) is 9.82 Å². The number of carbonyl (C=O) groups excluding carboxylic acids is 1. The van der Waals surface area contributed by atoms with Crippen LogP contribution in [0.1, 0.15) is 6.92 Å². The Balaban J connectivity index is 2.23. The first-order chi connectivity index (χ1) is 11.2. The molecule has 0 amide bonds. The normalized spacial score (nSPS) is 10.9. The molecule has 0 saturated carbocycles. The van der Waals surface area contributed by atoms with Crippen molar-refractivity contribution in [3.8, 4) is 5.75 Å². The van der Waals surface area contributed by atoms with Crippen LogP contribution in [0.5, 0.6) is 5.75 Å². The van der Waals surface area contributed by atoms with Gasteiger partial charge in [-0.2, -0.15) is 0 Å². The number of halogens is 1. The van der Waals surface area contributed by atoms with Gasteiger partial charge in [-0.15, -0.1) is 0 Å². The molecule has 0 spiro atoms. The summed E-state index contributed by atoms with van der Waals surface area (Å²) in [4.78, 5) is 20.6. The van der Waals surface area contributed by atoms with Crippen LogP contribution in [0, 0.1) is 10.1 Å². The number of nitro benzene ring substituents is 1. The van der Waals surface area contributed by atoms with Crippen LogP contribution in [0.2, 0.25) is 5.02 Å². The summed E-state index contributed by atoms with van der Waals surface area (Å²) < 4.78 is 31.7. The summed E-state index contributed by atoms with van der Waals surface area (Å²) in [7, 11) is -3.98. The Hall–Kier alpha value is -2.65. The number of sulfonamides is 1. The van der Waals surface area contributed by atoms with Gasteiger partial charge in [-0.3, -0.25) is 19.6 Å². The molecule has 0 fully saturated rings. The first kappa shape index (κ1) is 17.7. The van der Waals surface area contributed by atoms with Crippen LogP contribution in [0.4, 0.5) is 11.4 Å². The minimum Gasteiger partial charge on any atom is -0.427 e. The summed E-state index contributed by atoms with van der Waals surface area (Å²) in [5.41, 5.74) is -0.165. The minimum absolute atomic E-state index is 0.220. The molecule has 2 aromatic carbocycles. The molecule has 10 heteroatoms. The van der Waals surface area contributed by atoms with Crippen molar-refractivity contribution in [2.24, 2.45) is 0 Å². The van der Waals surface area contributed by atoms with Crippen molar-refractivity contribution in [3.05, 3.63) is 57.6 Å². The van der Waals surface area contributed by atoms with Crippen molar-refractivity contribution in [3.63, 3.8) is 0 Å². The van der Waals surface area contributed by atoms with E-state index in [1.54, 1.807) is 0 Å². The van der Waals surface area contributed by atoms with E-state index in [2.05, 4.69) is 4.72 Å². The van der Waals surface area contributed by atoms with Gasteiger partial charge in [0, 0.05) is 18.7 Å². The summed E-state index contributed by atoms with van der Waals surface area (Å²) in [6.45, 7) is 1.24. The third kappa shape index (κ3) is 4.21. The third-order valence-corrected chi connectivity index (χ3v) is 4.48. The highest BCUT2D eigenvalue weighted by molar-refractivity contribution is 7.92. The maximum Gasteiger partial charge on any atom is 0.308 e. The van der Waals surface area contributed by atoms with Gasteiger partial charge in [0.1, 0.15) is 10.8 Å². The Morgan fingerprint density at radius 2 is 1.83 bits per heavy atom. The number of esters is 1. The van der Waals surface area contributed by atoms with Gasteiger partial charge >= 0.3 is 5.97 Å². The molecule has 0 radical (unpaired) electrons. The molecule has 0 unspecified atom stereocenters. The van der Waals surface area contributed by atoms with Gasteiger partial charge in [-0.05, 0) is 36.4 Å². The molecule has 0 atom stereocenters. The fraction of sp³-hybridized carbons (Fsp3) is 0.0714. The number of ether oxygens (including phenoxy) is 1. The van der Waals surface area contributed by atoms with Crippen LogP contribution in [0.25, 0.3) is 0 Å². The number of benzene rings is 2. The van der Waals surface area contributed by atoms with Crippen LogP contribution in [0.15, 0.2) is 47.4 Å². The number of carbonyl (C=O) groups is 1. The molecule has 24 heavy (non-hydrogen) atoms. The number of hydrogen-bond donors (Lipinski definition) is 1. The molecule has 0 aliphatic carbocycles. The molecule has 0 bridgehead atoms. The number of hydrogen-bond acceptors (Lipinski definition) is 6. The minimum atomic E-state index is -3.98. The first-order valence-electron chi connectivity index (χ1n) is 6.44. The molecule has 126 valence electrons. The van der Waals surface area contributed by atoms with E-state index in [9.17, 15) is 23.3 Å². The molecule has 2 aromatic rings. The van der Waals surface area contributed by atoms with Crippen LogP contribution in [-0.2, 0) is 14.8 Å². The van der Waals surface area contributed by atoms with Crippen molar-refractivity contribution < 1.29 is 22.9 Å². The summed E-state index contributed by atoms with van der Waals surface area (Å²) in [5.74, 6) is -0.229. The number of nitrogens with one attached hydrogen (secondary N) is 1. The topological polar surface area (TPSA) is 116 Å². The lowest BCUT2D eigenvalue weighted by atomic mass is 10.3. The molecule has 1 N–H and O–H groups in total. The average molecular weight is 371 g/mol. The van der Waals surface area contributed by atoms with Gasteiger partial charge in [-0.1, -0.05) is 11.6 Å². The predicted molar refractivity (Wildman–Crippen MR) is 86.7 cm³/mol. The average Bonchev–Trinajstić information content (AvgIpc) is 2.48. The Morgan fingerprint density at radius 3 is 2.33 bits per heavy atom. The molecule has 2 rings (SSSR count). The number of rotatable bonds is 5. The zero-order valence-corrected chi connectivity index (χ0v) is 13.8. The van der Waals surface area contributed by atoms with Gasteiger partial charge in [0.15, 0.2) is 0 Å². The van der Waals surface area contributed by atoms with E-state index < -0.39 is 20.9 Å². The molecule has 0 saturated heterocycles. The van der Waals surface area contributed by atoms with Crippen LogP contribution >= 0.6 is 11.6 Å². The highest BCUT2D eigenvalue weighted by Gasteiger charge is 2.19. The maximum atomic E-state index is 12.3. The van der Waals surface area contributed by atoms with E-state index in [-0.39, 0.29) is 27.0 Å². The number of anilines is 1. The van der Waals surface area contributed by atoms with Crippen LogP contribution in [0.3, 0.4) is 0 Å². The fourth-order valence-electron chi connectivity index (χ4n) is 1.77. The van der Waals surface area contributed by atoms with Crippen LogP contribution < -0.4 is 9.46 Å². The van der Waals surface area contributed by atoms with Crippen molar-refractivity contribution in [1.82, 2.24) is 0 Å². The number of nitrogens with zero attached hydrogens (tertiary/aromatic N) is 1. The SMILES string of the molecule is CC(=O)Oc1ccc(NS(=O)(=O)c2ccc([N+](=O)[O-])c(Cl)c2)cc1. The first-order valence-corrected chi connectivity index (χ1v) is 8.30. The van der Waals surface area contributed by atoms with Gasteiger partial charge in [0.25, 0.3) is 15.7 Å². The Morgan fingerprint density at radius 1 is 1.21 bits per heavy atom. The van der Waals surface area contributed by atoms with Crippen molar-refractivity contribution in [2.75, 3.05) is 4.72 Å². The number of nitro groups is 1. The maximum absolute atomic E-state index is 12.3. The monoisotopic (exact) mass is 370 g/mol. The molecular weight excluding hydrogens is 360 g/mol. The van der Waals surface area contributed by atoms with E-state index in [1.807, 2.05) is 0 Å². The molecule has 8 nitrogen and oxygen atoms in total. The summed E-state index contributed by atoms with van der Waals surface area (Å²) in [6.07, 6.45) is 0. The highest BCUT2D eigenvalue weighted by Crippen LogP contribution is 2.28. The Kier molecular flexibility index (Phi) is 5.05. The zero-order valence-electron chi connectivity index (χ0n) is 12.2. The van der Waals surface area contributed by atoms with E-state index in [1.165, 1.54) is 31.2 Å². The summed E-state index contributed by atoms with van der Waals surface area (Å²) >= 11 is 5.72. The quantitative estimate of drug-likeness (QED) is 0.374. The third-order valence-electron chi connectivity index (χ3n) is 2.79. The summed E-state index contributed by atoms with van der Waals surface area (Å²) in [6, 6.07) is 8.74. The Labute approximate surface area is 142 Å². The van der Waals surface area contributed by atoms with E-state index in [0.717, 1.165) is 18.2 Å². The second-order valence-electron chi connectivity index (χ2n) is 4.59. The van der Waals surface area contributed by atoms with E-state index in [4.69, 9.17) is 16.3 Å². The molecule has 0 heterocycles. The second kappa shape index (κ2) is 6.85. The molecule has 0 aromatic heterocycles. The highest BCUT2D eigenvalue weighted by atomic mass is 35.5. The lowest BCUT2D eigenvalue weighted by Crippen LogP contribution is -2.13. The standard InChI is InChI=1S/C14H11ClN2O6S/c1-9(18)23-11-4-2-10(3-5-11)16-24(21,22)12-6-7-14(17(19)20)13(15)8-12/h2-8,16H,1H3. The summed E-state index contributed by atoms with van der Waals surface area (Å²) in [5, 5.41) is 10.4. The van der Waals surface area contributed by atoms with Crippen LogP contribution in [-0.4, -0.2) is 19.3 Å². The lowest BCUT2D eigenvalue weighted by molar-refractivity contribution is -0.384. The van der Waals surface area contributed by atoms with Crippen molar-refractivity contribution in [1.29, 1.82) is 0 Å². The fourth-order valence-corrected chi connectivity index (χ4v) is 3.17. The smallest absolute Gasteiger partial charge is 0.308 e. The largest absolute Gasteiger partial charge is 0.427 e. The Bertz CT molecular complexity index is 896. The van der Waals surface area contributed by atoms with Crippen molar-refractivity contribution >= 4 is 39.0 Å². The predicted octanol–water partition coefficient (Wildman–Crippen LogP) is 2.97.